The highest BCUT2D eigenvalue weighted by molar-refractivity contribution is 7.89. The van der Waals surface area contributed by atoms with Crippen LogP contribution in [0.25, 0.3) is 0 Å². The standard InChI is InChI=1S/C15H26N2O3S/c1-3-12-6-5-7-13(8-12)16-21(19,20)15-9-14(11-18)17(4-2)10-15/h9-10,12-13,16,18H,3-8,11H2,1-2H3. The average Bonchev–Trinajstić information content (AvgIpc) is 2.91. The normalized spacial score (nSPS) is 23.4. The van der Waals surface area contributed by atoms with Crippen molar-refractivity contribution in [2.45, 2.75) is 70.0 Å². The molecule has 0 aliphatic heterocycles. The quantitative estimate of drug-likeness (QED) is 0.846. The Morgan fingerprint density at radius 2 is 2.14 bits per heavy atom. The summed E-state index contributed by atoms with van der Waals surface area (Å²) >= 11 is 0. The molecule has 5 nitrogen and oxygen atoms in total. The highest BCUT2D eigenvalue weighted by atomic mass is 32.2. The van der Waals surface area contributed by atoms with Crippen LogP contribution >= 0.6 is 0 Å². The molecule has 2 N–H and O–H groups in total. The first-order valence-corrected chi connectivity index (χ1v) is 9.30. The number of aliphatic hydroxyl groups is 1. The largest absolute Gasteiger partial charge is 0.390 e. The van der Waals surface area contributed by atoms with Crippen molar-refractivity contribution in [3.8, 4) is 0 Å². The van der Waals surface area contributed by atoms with Gasteiger partial charge in [0.15, 0.2) is 0 Å². The summed E-state index contributed by atoms with van der Waals surface area (Å²) in [5, 5.41) is 9.28. The highest BCUT2D eigenvalue weighted by Crippen LogP contribution is 2.27. The summed E-state index contributed by atoms with van der Waals surface area (Å²) < 4.78 is 29.6. The summed E-state index contributed by atoms with van der Waals surface area (Å²) in [5.74, 6) is 0.625. The summed E-state index contributed by atoms with van der Waals surface area (Å²) in [4.78, 5) is 0.257. The van der Waals surface area contributed by atoms with Gasteiger partial charge in [-0.05, 0) is 31.7 Å². The lowest BCUT2D eigenvalue weighted by Gasteiger charge is -2.28. The SMILES string of the molecule is CCC1CCCC(NS(=O)(=O)c2cc(CO)n(CC)c2)C1. The van der Waals surface area contributed by atoms with Gasteiger partial charge >= 0.3 is 0 Å². The molecule has 0 aromatic carbocycles. The van der Waals surface area contributed by atoms with Crippen molar-refractivity contribution in [2.24, 2.45) is 5.92 Å². The van der Waals surface area contributed by atoms with Gasteiger partial charge in [-0.25, -0.2) is 13.1 Å². The molecule has 120 valence electrons. The van der Waals surface area contributed by atoms with Gasteiger partial charge in [0.05, 0.1) is 11.5 Å². The van der Waals surface area contributed by atoms with Crippen molar-refractivity contribution in [3.05, 3.63) is 18.0 Å². The topological polar surface area (TPSA) is 71.3 Å². The average molecular weight is 314 g/mol. The Kier molecular flexibility index (Phi) is 5.46. The van der Waals surface area contributed by atoms with Crippen molar-refractivity contribution in [1.82, 2.24) is 9.29 Å². The van der Waals surface area contributed by atoms with Crippen LogP contribution in [0.5, 0.6) is 0 Å². The van der Waals surface area contributed by atoms with Crippen LogP contribution in [0.15, 0.2) is 17.2 Å². The summed E-state index contributed by atoms with van der Waals surface area (Å²) in [6, 6.07) is 1.60. The van der Waals surface area contributed by atoms with E-state index >= 15 is 0 Å². The minimum Gasteiger partial charge on any atom is -0.390 e. The van der Waals surface area contributed by atoms with E-state index in [-0.39, 0.29) is 17.5 Å². The first-order valence-electron chi connectivity index (χ1n) is 7.82. The number of aryl methyl sites for hydroxylation is 1. The Hall–Kier alpha value is -0.850. The van der Waals surface area contributed by atoms with Crippen LogP contribution in [0.1, 0.15) is 51.6 Å². The van der Waals surface area contributed by atoms with E-state index in [2.05, 4.69) is 11.6 Å². The number of nitrogens with one attached hydrogen (secondary N) is 1. The zero-order chi connectivity index (χ0) is 15.5. The van der Waals surface area contributed by atoms with Gasteiger partial charge in [0.1, 0.15) is 0 Å². The van der Waals surface area contributed by atoms with Crippen LogP contribution in [-0.4, -0.2) is 24.1 Å². The van der Waals surface area contributed by atoms with E-state index < -0.39 is 10.0 Å². The molecule has 2 rings (SSSR count). The third-order valence-corrected chi connectivity index (χ3v) is 5.94. The van der Waals surface area contributed by atoms with Crippen LogP contribution in [0.4, 0.5) is 0 Å². The minimum absolute atomic E-state index is 0.0382. The molecular weight excluding hydrogens is 288 g/mol. The molecule has 1 fully saturated rings. The van der Waals surface area contributed by atoms with Crippen molar-refractivity contribution < 1.29 is 13.5 Å². The molecule has 1 aromatic rings. The van der Waals surface area contributed by atoms with Crippen LogP contribution in [0, 0.1) is 5.92 Å². The van der Waals surface area contributed by atoms with Crippen molar-refractivity contribution in [1.29, 1.82) is 0 Å². The summed E-state index contributed by atoms with van der Waals surface area (Å²) in [6.07, 6.45) is 6.85. The van der Waals surface area contributed by atoms with E-state index in [0.29, 0.717) is 18.2 Å². The molecule has 6 heteroatoms. The third-order valence-electron chi connectivity index (χ3n) is 4.46. The third kappa shape index (κ3) is 3.87. The van der Waals surface area contributed by atoms with Gasteiger partial charge in [-0.3, -0.25) is 0 Å². The highest BCUT2D eigenvalue weighted by Gasteiger charge is 2.26. The van der Waals surface area contributed by atoms with Gasteiger partial charge in [-0.15, -0.1) is 0 Å². The number of hydrogen-bond donors (Lipinski definition) is 2. The Bertz CT molecular complexity index is 544. The van der Waals surface area contributed by atoms with Crippen LogP contribution in [0.3, 0.4) is 0 Å². The van der Waals surface area contributed by atoms with E-state index in [9.17, 15) is 13.5 Å². The molecule has 1 heterocycles. The fraction of sp³-hybridized carbons (Fsp3) is 0.733. The van der Waals surface area contributed by atoms with E-state index in [1.165, 1.54) is 6.42 Å². The lowest BCUT2D eigenvalue weighted by atomic mass is 9.85. The maximum absolute atomic E-state index is 12.5. The second-order valence-electron chi connectivity index (χ2n) is 5.87. The number of sulfonamides is 1. The number of aliphatic hydroxyl groups excluding tert-OH is 1. The molecule has 1 saturated carbocycles. The monoisotopic (exact) mass is 314 g/mol. The van der Waals surface area contributed by atoms with Gasteiger partial charge in [0.2, 0.25) is 10.0 Å². The first kappa shape index (κ1) is 16.5. The predicted octanol–water partition coefficient (Wildman–Crippen LogP) is 2.25. The number of nitrogens with zero attached hydrogens (tertiary/aromatic N) is 1. The molecule has 0 bridgehead atoms. The van der Waals surface area contributed by atoms with Gasteiger partial charge < -0.3 is 9.67 Å². The molecule has 1 aliphatic rings. The summed E-state index contributed by atoms with van der Waals surface area (Å²) in [6.45, 7) is 4.59. The van der Waals surface area contributed by atoms with Crippen LogP contribution in [-0.2, 0) is 23.2 Å². The second-order valence-corrected chi connectivity index (χ2v) is 7.58. The first-order chi connectivity index (χ1) is 10.00. The lowest BCUT2D eigenvalue weighted by Crippen LogP contribution is -2.38. The second kappa shape index (κ2) is 6.94. The van der Waals surface area contributed by atoms with E-state index in [1.54, 1.807) is 16.8 Å². The van der Waals surface area contributed by atoms with Crippen molar-refractivity contribution >= 4 is 10.0 Å². The molecule has 0 spiro atoms. The van der Waals surface area contributed by atoms with Crippen LogP contribution in [0.2, 0.25) is 0 Å². The predicted molar refractivity (Wildman–Crippen MR) is 82.4 cm³/mol. The molecular formula is C15H26N2O3S. The Balaban J connectivity index is 2.12. The fourth-order valence-corrected chi connectivity index (χ4v) is 4.50. The van der Waals surface area contributed by atoms with E-state index in [1.807, 2.05) is 6.92 Å². The molecule has 2 atom stereocenters. The molecule has 0 amide bonds. The molecule has 0 saturated heterocycles. The number of hydrogen-bond acceptors (Lipinski definition) is 3. The van der Waals surface area contributed by atoms with E-state index in [0.717, 1.165) is 25.7 Å². The Labute approximate surface area is 127 Å². The molecule has 0 radical (unpaired) electrons. The van der Waals surface area contributed by atoms with Crippen LogP contribution < -0.4 is 4.72 Å². The maximum atomic E-state index is 12.5. The van der Waals surface area contributed by atoms with E-state index in [4.69, 9.17) is 0 Å². The maximum Gasteiger partial charge on any atom is 0.242 e. The molecule has 21 heavy (non-hydrogen) atoms. The molecule has 1 aromatic heterocycles. The zero-order valence-corrected chi connectivity index (χ0v) is 13.7. The van der Waals surface area contributed by atoms with Gasteiger partial charge in [-0.1, -0.05) is 26.2 Å². The van der Waals surface area contributed by atoms with Gasteiger partial charge in [-0.2, -0.15) is 0 Å². The lowest BCUT2D eigenvalue weighted by molar-refractivity contribution is 0.271. The zero-order valence-electron chi connectivity index (χ0n) is 12.9. The Morgan fingerprint density at radius 3 is 2.71 bits per heavy atom. The number of aromatic nitrogens is 1. The summed E-state index contributed by atoms with van der Waals surface area (Å²) in [5.41, 5.74) is 0.632. The Morgan fingerprint density at radius 1 is 1.38 bits per heavy atom. The minimum atomic E-state index is -3.50. The van der Waals surface area contributed by atoms with Crippen molar-refractivity contribution in [3.63, 3.8) is 0 Å². The van der Waals surface area contributed by atoms with Gasteiger partial charge in [0, 0.05) is 24.5 Å². The summed E-state index contributed by atoms with van der Waals surface area (Å²) in [7, 11) is -3.50. The van der Waals surface area contributed by atoms with Crippen molar-refractivity contribution in [2.75, 3.05) is 0 Å². The number of rotatable bonds is 6. The fourth-order valence-electron chi connectivity index (χ4n) is 3.15. The smallest absolute Gasteiger partial charge is 0.242 e. The molecule has 2 unspecified atom stereocenters. The van der Waals surface area contributed by atoms with Gasteiger partial charge in [0.25, 0.3) is 0 Å². The molecule has 1 aliphatic carbocycles.